The monoisotopic (exact) mass is 378 g/mol. The number of thiophene rings is 1. The second-order valence-electron chi connectivity index (χ2n) is 6.14. The van der Waals surface area contributed by atoms with E-state index in [0.717, 1.165) is 42.8 Å². The van der Waals surface area contributed by atoms with Crippen LogP contribution in [-0.4, -0.2) is 32.3 Å². The molecule has 2 aromatic rings. The molecule has 2 heterocycles. The van der Waals surface area contributed by atoms with Crippen LogP contribution in [-0.2, 0) is 27.7 Å². The lowest BCUT2D eigenvalue weighted by Gasteiger charge is -2.15. The Kier molecular flexibility index (Phi) is 5.44. The molecule has 0 spiro atoms. The Balaban J connectivity index is 1.64. The van der Waals surface area contributed by atoms with Gasteiger partial charge in [-0.3, -0.25) is 9.52 Å². The SMILES string of the molecule is CCc1ccc(S(=O)(=O)Nc2ccc(CC(=O)N3CCCC3)cc2)s1. The maximum Gasteiger partial charge on any atom is 0.271 e. The lowest BCUT2D eigenvalue weighted by molar-refractivity contribution is -0.129. The van der Waals surface area contributed by atoms with E-state index in [2.05, 4.69) is 4.72 Å². The van der Waals surface area contributed by atoms with Gasteiger partial charge in [0.2, 0.25) is 5.91 Å². The third-order valence-corrected chi connectivity index (χ3v) is 7.37. The summed E-state index contributed by atoms with van der Waals surface area (Å²) in [6, 6.07) is 10.5. The van der Waals surface area contributed by atoms with Crippen LogP contribution >= 0.6 is 11.3 Å². The van der Waals surface area contributed by atoms with E-state index in [1.165, 1.54) is 11.3 Å². The van der Waals surface area contributed by atoms with Gasteiger partial charge in [0.25, 0.3) is 10.0 Å². The number of carbonyl (C=O) groups excluding carboxylic acids is 1. The Hall–Kier alpha value is -1.86. The van der Waals surface area contributed by atoms with E-state index in [1.807, 2.05) is 17.9 Å². The fourth-order valence-corrected chi connectivity index (χ4v) is 5.20. The molecule has 0 radical (unpaired) electrons. The molecule has 1 aromatic carbocycles. The molecule has 1 fully saturated rings. The molecule has 1 aliphatic rings. The van der Waals surface area contributed by atoms with E-state index in [9.17, 15) is 13.2 Å². The first-order valence-electron chi connectivity index (χ1n) is 8.46. The molecule has 0 unspecified atom stereocenters. The molecule has 1 aromatic heterocycles. The Labute approximate surface area is 152 Å². The summed E-state index contributed by atoms with van der Waals surface area (Å²) in [7, 11) is -3.56. The van der Waals surface area contributed by atoms with Crippen molar-refractivity contribution in [2.45, 2.75) is 36.8 Å². The Bertz CT molecular complexity index is 835. The van der Waals surface area contributed by atoms with Gasteiger partial charge < -0.3 is 4.90 Å². The Morgan fingerprint density at radius 1 is 1.12 bits per heavy atom. The van der Waals surface area contributed by atoms with Crippen molar-refractivity contribution in [2.75, 3.05) is 17.8 Å². The fraction of sp³-hybridized carbons (Fsp3) is 0.389. The lowest BCUT2D eigenvalue weighted by atomic mass is 10.1. The molecule has 3 rings (SSSR count). The van der Waals surface area contributed by atoms with Crippen molar-refractivity contribution in [3.05, 3.63) is 46.8 Å². The molecule has 7 heteroatoms. The van der Waals surface area contributed by atoms with E-state index < -0.39 is 10.0 Å². The Morgan fingerprint density at radius 2 is 1.80 bits per heavy atom. The van der Waals surface area contributed by atoms with Gasteiger partial charge in [-0.25, -0.2) is 8.42 Å². The van der Waals surface area contributed by atoms with Gasteiger partial charge in [0.1, 0.15) is 4.21 Å². The first-order valence-corrected chi connectivity index (χ1v) is 10.8. The summed E-state index contributed by atoms with van der Waals surface area (Å²) in [5.74, 6) is 0.136. The van der Waals surface area contributed by atoms with E-state index in [-0.39, 0.29) is 5.91 Å². The molecule has 0 aliphatic carbocycles. The number of anilines is 1. The number of aryl methyl sites for hydroxylation is 1. The first kappa shape index (κ1) is 17.9. The summed E-state index contributed by atoms with van der Waals surface area (Å²) < 4.78 is 27.7. The highest BCUT2D eigenvalue weighted by molar-refractivity contribution is 7.94. The molecule has 1 N–H and O–H groups in total. The highest BCUT2D eigenvalue weighted by Gasteiger charge is 2.19. The minimum Gasteiger partial charge on any atom is -0.342 e. The molecular formula is C18H22N2O3S2. The topological polar surface area (TPSA) is 66.5 Å². The van der Waals surface area contributed by atoms with Crippen LogP contribution in [0.1, 0.15) is 30.2 Å². The predicted octanol–water partition coefficient (Wildman–Crippen LogP) is 3.28. The zero-order valence-corrected chi connectivity index (χ0v) is 15.8. The van der Waals surface area contributed by atoms with Gasteiger partial charge in [0.15, 0.2) is 0 Å². The molecule has 25 heavy (non-hydrogen) atoms. The van der Waals surface area contributed by atoms with E-state index in [1.54, 1.807) is 30.3 Å². The minimum atomic E-state index is -3.56. The van der Waals surface area contributed by atoms with Crippen molar-refractivity contribution in [2.24, 2.45) is 0 Å². The van der Waals surface area contributed by atoms with Crippen LogP contribution in [0.4, 0.5) is 5.69 Å². The number of nitrogens with zero attached hydrogens (tertiary/aromatic N) is 1. The van der Waals surface area contributed by atoms with Gasteiger partial charge >= 0.3 is 0 Å². The fourth-order valence-electron chi connectivity index (χ4n) is 2.84. The molecular weight excluding hydrogens is 356 g/mol. The molecule has 0 saturated carbocycles. The molecule has 1 aliphatic heterocycles. The second-order valence-corrected chi connectivity index (χ2v) is 9.22. The van der Waals surface area contributed by atoms with Crippen LogP contribution in [0.25, 0.3) is 0 Å². The van der Waals surface area contributed by atoms with Crippen molar-refractivity contribution in [3.8, 4) is 0 Å². The van der Waals surface area contributed by atoms with Crippen LogP contribution in [0.2, 0.25) is 0 Å². The van der Waals surface area contributed by atoms with Gasteiger partial charge in [-0.2, -0.15) is 0 Å². The van der Waals surface area contributed by atoms with Crippen LogP contribution in [0.15, 0.2) is 40.6 Å². The summed E-state index contributed by atoms with van der Waals surface area (Å²) in [5, 5.41) is 0. The number of rotatable bonds is 6. The van der Waals surface area contributed by atoms with E-state index in [0.29, 0.717) is 16.3 Å². The number of amides is 1. The smallest absolute Gasteiger partial charge is 0.271 e. The molecule has 1 saturated heterocycles. The van der Waals surface area contributed by atoms with E-state index >= 15 is 0 Å². The summed E-state index contributed by atoms with van der Waals surface area (Å²) in [5.41, 5.74) is 1.40. The average Bonchev–Trinajstić information content (AvgIpc) is 3.28. The number of nitrogens with one attached hydrogen (secondary N) is 1. The van der Waals surface area contributed by atoms with Crippen LogP contribution in [0, 0.1) is 0 Å². The maximum absolute atomic E-state index is 12.4. The maximum atomic E-state index is 12.4. The van der Waals surface area contributed by atoms with Crippen molar-refractivity contribution in [1.29, 1.82) is 0 Å². The normalized spacial score (nSPS) is 14.7. The van der Waals surface area contributed by atoms with Gasteiger partial charge in [0.05, 0.1) is 6.42 Å². The largest absolute Gasteiger partial charge is 0.342 e. The quantitative estimate of drug-likeness (QED) is 0.839. The minimum absolute atomic E-state index is 0.136. The van der Waals surface area contributed by atoms with Gasteiger partial charge in [0, 0.05) is 23.7 Å². The number of carbonyl (C=O) groups is 1. The van der Waals surface area contributed by atoms with Crippen LogP contribution < -0.4 is 4.72 Å². The first-order chi connectivity index (χ1) is 12.0. The summed E-state index contributed by atoms with van der Waals surface area (Å²) >= 11 is 1.28. The summed E-state index contributed by atoms with van der Waals surface area (Å²) in [6.07, 6.45) is 3.33. The number of likely N-dealkylation sites (tertiary alicyclic amines) is 1. The highest BCUT2D eigenvalue weighted by Crippen LogP contribution is 2.24. The second kappa shape index (κ2) is 7.58. The molecule has 0 atom stereocenters. The number of hydrogen-bond acceptors (Lipinski definition) is 4. The van der Waals surface area contributed by atoms with Gasteiger partial charge in [-0.15, -0.1) is 11.3 Å². The molecule has 1 amide bonds. The number of sulfonamides is 1. The third kappa shape index (κ3) is 4.41. The summed E-state index contributed by atoms with van der Waals surface area (Å²) in [4.78, 5) is 15.1. The van der Waals surface area contributed by atoms with E-state index in [4.69, 9.17) is 0 Å². The van der Waals surface area contributed by atoms with Gasteiger partial charge in [-0.1, -0.05) is 19.1 Å². The highest BCUT2D eigenvalue weighted by atomic mass is 32.2. The van der Waals surface area contributed by atoms with Crippen molar-refractivity contribution >= 4 is 33.0 Å². The number of hydrogen-bond donors (Lipinski definition) is 1. The summed E-state index contributed by atoms with van der Waals surface area (Å²) in [6.45, 7) is 3.69. The zero-order chi connectivity index (χ0) is 17.9. The average molecular weight is 379 g/mol. The standard InChI is InChI=1S/C18H22N2O3S2/c1-2-16-9-10-18(24-16)25(22,23)19-15-7-5-14(6-8-15)13-17(21)20-11-3-4-12-20/h5-10,19H,2-4,11-13H2,1H3. The molecule has 134 valence electrons. The number of benzene rings is 1. The molecule has 5 nitrogen and oxygen atoms in total. The van der Waals surface area contributed by atoms with Crippen LogP contribution in [0.5, 0.6) is 0 Å². The zero-order valence-electron chi connectivity index (χ0n) is 14.2. The third-order valence-electron chi connectivity index (χ3n) is 4.27. The van der Waals surface area contributed by atoms with Crippen molar-refractivity contribution in [3.63, 3.8) is 0 Å². The van der Waals surface area contributed by atoms with Crippen molar-refractivity contribution in [1.82, 2.24) is 4.90 Å². The van der Waals surface area contributed by atoms with Gasteiger partial charge in [-0.05, 0) is 49.1 Å². The van der Waals surface area contributed by atoms with Crippen LogP contribution in [0.3, 0.4) is 0 Å². The van der Waals surface area contributed by atoms with Crippen molar-refractivity contribution < 1.29 is 13.2 Å². The Morgan fingerprint density at radius 3 is 2.40 bits per heavy atom. The lowest BCUT2D eigenvalue weighted by Crippen LogP contribution is -2.29. The predicted molar refractivity (Wildman–Crippen MR) is 100 cm³/mol. The molecule has 0 bridgehead atoms.